The van der Waals surface area contributed by atoms with Crippen molar-refractivity contribution in [2.75, 3.05) is 13.1 Å². The van der Waals surface area contributed by atoms with Gasteiger partial charge in [0.15, 0.2) is 5.65 Å². The summed E-state index contributed by atoms with van der Waals surface area (Å²) in [7, 11) is 0. The highest BCUT2D eigenvalue weighted by molar-refractivity contribution is 6.06. The van der Waals surface area contributed by atoms with Gasteiger partial charge in [-0.1, -0.05) is 13.3 Å². The van der Waals surface area contributed by atoms with Crippen molar-refractivity contribution in [3.05, 3.63) is 35.4 Å². The number of carbonyl (C=O) groups excluding carboxylic acids is 1. The van der Waals surface area contributed by atoms with Crippen LogP contribution < -0.4 is 0 Å². The maximum Gasteiger partial charge on any atom is 0.406 e. The van der Waals surface area contributed by atoms with E-state index in [1.54, 1.807) is 30.7 Å². The monoisotopic (exact) mass is 436 g/mol. The average molecular weight is 436 g/mol. The number of halogens is 3. The molecule has 0 fully saturated rings. The Hall–Kier alpha value is -2.84. The number of furan rings is 1. The number of hydrogen-bond donors (Lipinski definition) is 0. The lowest BCUT2D eigenvalue weighted by Gasteiger charge is -2.24. The van der Waals surface area contributed by atoms with Crippen molar-refractivity contribution >= 4 is 16.9 Å². The fourth-order valence-electron chi connectivity index (χ4n) is 3.58. The van der Waals surface area contributed by atoms with Gasteiger partial charge in [0.2, 0.25) is 0 Å². The van der Waals surface area contributed by atoms with Gasteiger partial charge in [-0.25, -0.2) is 9.67 Å². The number of aromatic nitrogens is 3. The van der Waals surface area contributed by atoms with Crippen molar-refractivity contribution in [3.63, 3.8) is 0 Å². The third-order valence-electron chi connectivity index (χ3n) is 5.04. The second-order valence-electron chi connectivity index (χ2n) is 8.00. The van der Waals surface area contributed by atoms with E-state index in [0.29, 0.717) is 46.7 Å². The van der Waals surface area contributed by atoms with Crippen molar-refractivity contribution in [3.8, 4) is 11.3 Å². The Kier molecular flexibility index (Phi) is 6.43. The first-order valence-electron chi connectivity index (χ1n) is 10.3. The zero-order chi connectivity index (χ0) is 22.9. The Morgan fingerprint density at radius 1 is 1.26 bits per heavy atom. The smallest absolute Gasteiger partial charge is 0.406 e. The summed E-state index contributed by atoms with van der Waals surface area (Å²) in [5, 5.41) is 4.77. The number of amides is 1. The SMILES string of the molecule is CCCCN(CC(F)(F)F)C(=O)c1cc(-c2cc(C)oc2C)nc2c1cnn2C(C)C. The molecule has 3 rings (SSSR count). The van der Waals surface area contributed by atoms with E-state index in [0.717, 1.165) is 4.90 Å². The van der Waals surface area contributed by atoms with Crippen LogP contribution in [0.5, 0.6) is 0 Å². The van der Waals surface area contributed by atoms with Gasteiger partial charge < -0.3 is 9.32 Å². The molecule has 31 heavy (non-hydrogen) atoms. The molecule has 0 saturated heterocycles. The maximum absolute atomic E-state index is 13.3. The number of alkyl halides is 3. The molecule has 0 radical (unpaired) electrons. The van der Waals surface area contributed by atoms with Crippen molar-refractivity contribution < 1.29 is 22.4 Å². The van der Waals surface area contributed by atoms with Crippen molar-refractivity contribution in [2.24, 2.45) is 0 Å². The summed E-state index contributed by atoms with van der Waals surface area (Å²) in [5.41, 5.74) is 1.78. The Bertz CT molecular complexity index is 1080. The van der Waals surface area contributed by atoms with Crippen LogP contribution in [-0.4, -0.2) is 44.8 Å². The predicted octanol–water partition coefficient (Wildman–Crippen LogP) is 5.69. The van der Waals surface area contributed by atoms with Crippen LogP contribution in [0.2, 0.25) is 0 Å². The molecular weight excluding hydrogens is 409 g/mol. The van der Waals surface area contributed by atoms with Crippen LogP contribution in [0.25, 0.3) is 22.3 Å². The predicted molar refractivity (Wildman–Crippen MR) is 112 cm³/mol. The van der Waals surface area contributed by atoms with Crippen LogP contribution in [0, 0.1) is 13.8 Å². The van der Waals surface area contributed by atoms with Gasteiger partial charge in [-0.3, -0.25) is 4.79 Å². The number of hydrogen-bond acceptors (Lipinski definition) is 4. The van der Waals surface area contributed by atoms with Gasteiger partial charge >= 0.3 is 6.18 Å². The number of pyridine rings is 1. The molecule has 0 unspecified atom stereocenters. The van der Waals surface area contributed by atoms with E-state index in [-0.39, 0.29) is 18.2 Å². The molecule has 168 valence electrons. The topological polar surface area (TPSA) is 64.2 Å². The normalized spacial score (nSPS) is 12.2. The van der Waals surface area contributed by atoms with Crippen LogP contribution >= 0.6 is 0 Å². The summed E-state index contributed by atoms with van der Waals surface area (Å²) in [6, 6.07) is 3.31. The minimum atomic E-state index is -4.49. The Morgan fingerprint density at radius 2 is 1.97 bits per heavy atom. The third kappa shape index (κ3) is 4.91. The largest absolute Gasteiger partial charge is 0.466 e. The molecule has 0 aliphatic carbocycles. The minimum absolute atomic E-state index is 0.0240. The van der Waals surface area contributed by atoms with Gasteiger partial charge in [0.05, 0.1) is 22.8 Å². The van der Waals surface area contributed by atoms with E-state index in [2.05, 4.69) is 10.1 Å². The molecule has 0 saturated carbocycles. The highest BCUT2D eigenvalue weighted by Gasteiger charge is 2.34. The molecular formula is C22H27F3N4O2. The molecule has 1 amide bonds. The Labute approximate surface area is 179 Å². The summed E-state index contributed by atoms with van der Waals surface area (Å²) in [6.45, 7) is 8.03. The quantitative estimate of drug-likeness (QED) is 0.477. The third-order valence-corrected chi connectivity index (χ3v) is 5.04. The van der Waals surface area contributed by atoms with E-state index in [1.165, 1.54) is 6.20 Å². The Balaban J connectivity index is 2.19. The zero-order valence-corrected chi connectivity index (χ0v) is 18.4. The Morgan fingerprint density at radius 3 is 2.52 bits per heavy atom. The number of rotatable bonds is 7. The number of fused-ring (bicyclic) bond motifs is 1. The number of carbonyl (C=O) groups is 1. The summed E-state index contributed by atoms with van der Waals surface area (Å²) >= 11 is 0. The first kappa shape index (κ1) is 22.8. The molecule has 9 heteroatoms. The lowest BCUT2D eigenvalue weighted by atomic mass is 10.1. The van der Waals surface area contributed by atoms with Crippen LogP contribution in [0.4, 0.5) is 13.2 Å². The lowest BCUT2D eigenvalue weighted by Crippen LogP contribution is -2.39. The number of unbranched alkanes of at least 4 members (excludes halogenated alkanes) is 1. The van der Waals surface area contributed by atoms with Gasteiger partial charge in [-0.05, 0) is 46.2 Å². The lowest BCUT2D eigenvalue weighted by molar-refractivity contribution is -0.140. The fourth-order valence-corrected chi connectivity index (χ4v) is 3.58. The van der Waals surface area contributed by atoms with Crippen LogP contribution in [0.1, 0.15) is 61.5 Å². The standard InChI is InChI=1S/C22H27F3N4O2/c1-6-7-8-28(12-22(23,24)25)21(30)17-10-19(16-9-14(4)31-15(16)5)27-20-18(17)11-26-29(20)13(2)3/h9-11,13H,6-8,12H2,1-5H3. The van der Waals surface area contributed by atoms with E-state index in [1.807, 2.05) is 20.8 Å². The summed E-state index contributed by atoms with van der Waals surface area (Å²) in [6.07, 6.45) is -1.83. The first-order valence-corrected chi connectivity index (χ1v) is 10.3. The van der Waals surface area contributed by atoms with Crippen molar-refractivity contribution in [1.29, 1.82) is 0 Å². The van der Waals surface area contributed by atoms with Gasteiger partial charge in [-0.2, -0.15) is 18.3 Å². The molecule has 0 aromatic carbocycles. The zero-order valence-electron chi connectivity index (χ0n) is 18.4. The summed E-state index contributed by atoms with van der Waals surface area (Å²) in [5.74, 6) is 0.623. The van der Waals surface area contributed by atoms with Gasteiger partial charge in [0, 0.05) is 18.2 Å². The maximum atomic E-state index is 13.3. The second-order valence-corrected chi connectivity index (χ2v) is 8.00. The number of aryl methyl sites for hydroxylation is 2. The molecule has 0 bridgehead atoms. The van der Waals surface area contributed by atoms with Gasteiger partial charge in [0.1, 0.15) is 18.1 Å². The summed E-state index contributed by atoms with van der Waals surface area (Å²) in [4.78, 5) is 18.9. The second kappa shape index (κ2) is 8.72. The molecule has 0 N–H and O–H groups in total. The van der Waals surface area contributed by atoms with Crippen molar-refractivity contribution in [2.45, 2.75) is 59.7 Å². The molecule has 0 spiro atoms. The molecule has 0 aliphatic rings. The van der Waals surface area contributed by atoms with Crippen LogP contribution in [0.15, 0.2) is 22.7 Å². The molecule has 3 heterocycles. The summed E-state index contributed by atoms with van der Waals surface area (Å²) < 4.78 is 46.9. The van der Waals surface area contributed by atoms with E-state index in [9.17, 15) is 18.0 Å². The number of nitrogens with zero attached hydrogens (tertiary/aromatic N) is 4. The van der Waals surface area contributed by atoms with E-state index >= 15 is 0 Å². The van der Waals surface area contributed by atoms with Gasteiger partial charge in [-0.15, -0.1) is 0 Å². The van der Waals surface area contributed by atoms with Crippen molar-refractivity contribution in [1.82, 2.24) is 19.7 Å². The molecule has 0 aliphatic heterocycles. The van der Waals surface area contributed by atoms with E-state index < -0.39 is 18.6 Å². The average Bonchev–Trinajstić information content (AvgIpc) is 3.25. The first-order chi connectivity index (χ1) is 14.5. The molecule has 3 aromatic rings. The van der Waals surface area contributed by atoms with E-state index in [4.69, 9.17) is 4.42 Å². The highest BCUT2D eigenvalue weighted by atomic mass is 19.4. The van der Waals surface area contributed by atoms with Crippen LogP contribution in [0.3, 0.4) is 0 Å². The molecule has 0 atom stereocenters. The van der Waals surface area contributed by atoms with Gasteiger partial charge in [0.25, 0.3) is 5.91 Å². The van der Waals surface area contributed by atoms with Crippen LogP contribution in [-0.2, 0) is 0 Å². The molecule has 3 aromatic heterocycles. The minimum Gasteiger partial charge on any atom is -0.466 e. The highest BCUT2D eigenvalue weighted by Crippen LogP contribution is 2.31. The fraction of sp³-hybridized carbons (Fsp3) is 0.500. The molecule has 6 nitrogen and oxygen atoms in total.